The molecule has 0 atom stereocenters. The molecule has 1 saturated heterocycles. The van der Waals surface area contributed by atoms with Gasteiger partial charge in [0.05, 0.1) is 0 Å². The van der Waals surface area contributed by atoms with Crippen LogP contribution in [0.5, 0.6) is 0 Å². The lowest BCUT2D eigenvalue weighted by molar-refractivity contribution is 0.211. The first-order chi connectivity index (χ1) is 9.24. The van der Waals surface area contributed by atoms with Crippen LogP contribution in [0.25, 0.3) is 0 Å². The van der Waals surface area contributed by atoms with Crippen LogP contribution in [0.15, 0.2) is 12.3 Å². The van der Waals surface area contributed by atoms with Gasteiger partial charge in [0.1, 0.15) is 11.6 Å². The van der Waals surface area contributed by atoms with Crippen molar-refractivity contribution in [3.05, 3.63) is 18.1 Å². The molecule has 6 heteroatoms. The Balaban J connectivity index is 1.71. The summed E-state index contributed by atoms with van der Waals surface area (Å²) in [7, 11) is 0. The Morgan fingerprint density at radius 3 is 2.84 bits per heavy atom. The zero-order valence-corrected chi connectivity index (χ0v) is 11.0. The number of rotatable bonds is 2. The second-order valence-electron chi connectivity index (χ2n) is 5.21. The molecule has 0 unspecified atom stereocenters. The lowest BCUT2D eigenvalue weighted by Crippen LogP contribution is -2.38. The maximum absolute atomic E-state index is 11.2. The lowest BCUT2D eigenvalue weighted by Gasteiger charge is -2.22. The van der Waals surface area contributed by atoms with Crippen LogP contribution >= 0.6 is 0 Å². The van der Waals surface area contributed by atoms with E-state index in [1.54, 1.807) is 4.90 Å². The summed E-state index contributed by atoms with van der Waals surface area (Å²) in [5.74, 6) is 2.51. The predicted molar refractivity (Wildman–Crippen MR) is 72.0 cm³/mol. The summed E-state index contributed by atoms with van der Waals surface area (Å²) in [4.78, 5) is 24.1. The number of hydrogen-bond acceptors (Lipinski definition) is 4. The van der Waals surface area contributed by atoms with Crippen molar-refractivity contribution in [2.45, 2.75) is 25.2 Å². The van der Waals surface area contributed by atoms with Gasteiger partial charge in [0.15, 0.2) is 0 Å². The first kappa shape index (κ1) is 12.2. The summed E-state index contributed by atoms with van der Waals surface area (Å²) in [6.07, 6.45) is 5.18. The summed E-state index contributed by atoms with van der Waals surface area (Å²) in [5, 5.41) is 0. The molecule has 1 aliphatic carbocycles. The minimum Gasteiger partial charge on any atom is -0.355 e. The number of primary amides is 1. The zero-order chi connectivity index (χ0) is 13.2. The van der Waals surface area contributed by atoms with Gasteiger partial charge in [-0.3, -0.25) is 0 Å². The molecule has 19 heavy (non-hydrogen) atoms. The lowest BCUT2D eigenvalue weighted by atomic mass is 10.3. The largest absolute Gasteiger partial charge is 0.355 e. The number of carbonyl (C=O) groups excluding carboxylic acids is 1. The van der Waals surface area contributed by atoms with E-state index in [1.165, 1.54) is 12.8 Å². The molecule has 2 heterocycles. The van der Waals surface area contributed by atoms with Crippen molar-refractivity contribution in [1.29, 1.82) is 0 Å². The molecule has 0 bridgehead atoms. The van der Waals surface area contributed by atoms with Gasteiger partial charge in [0.25, 0.3) is 0 Å². The fourth-order valence-electron chi connectivity index (χ4n) is 2.45. The van der Waals surface area contributed by atoms with Gasteiger partial charge in [-0.25, -0.2) is 14.8 Å². The Kier molecular flexibility index (Phi) is 3.23. The van der Waals surface area contributed by atoms with E-state index in [2.05, 4.69) is 14.9 Å². The minimum atomic E-state index is -0.330. The van der Waals surface area contributed by atoms with Crippen LogP contribution in [0.4, 0.5) is 10.6 Å². The van der Waals surface area contributed by atoms with Crippen LogP contribution in [0.2, 0.25) is 0 Å². The fourth-order valence-corrected chi connectivity index (χ4v) is 2.45. The van der Waals surface area contributed by atoms with Crippen molar-refractivity contribution in [2.24, 2.45) is 5.73 Å². The van der Waals surface area contributed by atoms with Crippen LogP contribution in [0.1, 0.15) is 31.0 Å². The normalized spacial score (nSPS) is 20.2. The summed E-state index contributed by atoms with van der Waals surface area (Å²) in [5.41, 5.74) is 5.34. The van der Waals surface area contributed by atoms with Crippen LogP contribution in [-0.4, -0.2) is 47.1 Å². The molecule has 3 rings (SSSR count). The molecule has 1 aromatic rings. The number of nitrogens with zero attached hydrogens (tertiary/aromatic N) is 4. The molecule has 0 aromatic carbocycles. The third kappa shape index (κ3) is 2.77. The molecule has 0 spiro atoms. The molecule has 2 amide bonds. The number of aromatic nitrogens is 2. The highest BCUT2D eigenvalue weighted by molar-refractivity contribution is 5.72. The third-order valence-electron chi connectivity index (χ3n) is 3.73. The fraction of sp³-hybridized carbons (Fsp3) is 0.615. The molecule has 102 valence electrons. The summed E-state index contributed by atoms with van der Waals surface area (Å²) >= 11 is 0. The number of hydrogen-bond donors (Lipinski definition) is 1. The molecule has 1 aliphatic heterocycles. The van der Waals surface area contributed by atoms with E-state index >= 15 is 0 Å². The number of anilines is 1. The first-order valence-corrected chi connectivity index (χ1v) is 6.86. The van der Waals surface area contributed by atoms with Gasteiger partial charge in [0.2, 0.25) is 0 Å². The van der Waals surface area contributed by atoms with Crippen LogP contribution in [0, 0.1) is 0 Å². The highest BCUT2D eigenvalue weighted by Crippen LogP contribution is 2.38. The number of carbonyl (C=O) groups is 1. The van der Waals surface area contributed by atoms with E-state index < -0.39 is 0 Å². The Hall–Kier alpha value is -1.85. The molecular weight excluding hydrogens is 242 g/mol. The monoisotopic (exact) mass is 261 g/mol. The molecule has 6 nitrogen and oxygen atoms in total. The smallest absolute Gasteiger partial charge is 0.314 e. The number of nitrogens with two attached hydrogens (primary N) is 1. The van der Waals surface area contributed by atoms with Gasteiger partial charge < -0.3 is 15.5 Å². The Morgan fingerprint density at radius 2 is 2.11 bits per heavy atom. The van der Waals surface area contributed by atoms with E-state index in [4.69, 9.17) is 5.73 Å². The molecule has 1 saturated carbocycles. The van der Waals surface area contributed by atoms with Gasteiger partial charge in [0, 0.05) is 38.3 Å². The second-order valence-corrected chi connectivity index (χ2v) is 5.21. The van der Waals surface area contributed by atoms with Crippen molar-refractivity contribution in [3.8, 4) is 0 Å². The highest BCUT2D eigenvalue weighted by Gasteiger charge is 2.27. The van der Waals surface area contributed by atoms with Crippen LogP contribution in [-0.2, 0) is 0 Å². The Morgan fingerprint density at radius 1 is 1.26 bits per heavy atom. The molecule has 1 aromatic heterocycles. The van der Waals surface area contributed by atoms with Gasteiger partial charge in [-0.1, -0.05) is 0 Å². The second kappa shape index (κ2) is 5.03. The Bertz CT molecular complexity index is 474. The standard InChI is InChI=1S/C13H19N5O/c14-13(19)18-7-1-6-17(8-9-18)11-4-5-15-12(16-11)10-2-3-10/h4-5,10H,1-3,6-9H2,(H2,14,19). The van der Waals surface area contributed by atoms with E-state index in [9.17, 15) is 4.79 Å². The van der Waals surface area contributed by atoms with E-state index in [0.717, 1.165) is 37.7 Å². The van der Waals surface area contributed by atoms with E-state index in [0.29, 0.717) is 12.5 Å². The molecule has 2 aliphatic rings. The summed E-state index contributed by atoms with van der Waals surface area (Å²) < 4.78 is 0. The van der Waals surface area contributed by atoms with Gasteiger partial charge >= 0.3 is 6.03 Å². The predicted octanol–water partition coefficient (Wildman–Crippen LogP) is 0.945. The molecule has 2 fully saturated rings. The van der Waals surface area contributed by atoms with E-state index in [1.807, 2.05) is 12.3 Å². The zero-order valence-electron chi connectivity index (χ0n) is 11.0. The minimum absolute atomic E-state index is 0.330. The van der Waals surface area contributed by atoms with Gasteiger partial charge in [-0.15, -0.1) is 0 Å². The quantitative estimate of drug-likeness (QED) is 0.860. The third-order valence-corrected chi connectivity index (χ3v) is 3.73. The number of amides is 2. The van der Waals surface area contributed by atoms with Crippen LogP contribution in [0.3, 0.4) is 0 Å². The van der Waals surface area contributed by atoms with E-state index in [-0.39, 0.29) is 6.03 Å². The first-order valence-electron chi connectivity index (χ1n) is 6.86. The van der Waals surface area contributed by atoms with Crippen LogP contribution < -0.4 is 10.6 Å². The Labute approximate surface area is 112 Å². The topological polar surface area (TPSA) is 75.4 Å². The maximum Gasteiger partial charge on any atom is 0.314 e. The maximum atomic E-state index is 11.2. The average molecular weight is 261 g/mol. The van der Waals surface area contributed by atoms with Gasteiger partial charge in [-0.2, -0.15) is 0 Å². The van der Waals surface area contributed by atoms with Crippen molar-refractivity contribution >= 4 is 11.8 Å². The van der Waals surface area contributed by atoms with Crippen molar-refractivity contribution in [2.75, 3.05) is 31.1 Å². The summed E-state index contributed by atoms with van der Waals surface area (Å²) in [6.45, 7) is 3.08. The van der Waals surface area contributed by atoms with Crippen molar-refractivity contribution in [3.63, 3.8) is 0 Å². The molecular formula is C13H19N5O. The molecule has 0 radical (unpaired) electrons. The SMILES string of the molecule is NC(=O)N1CCCN(c2ccnc(C3CC3)n2)CC1. The van der Waals surface area contributed by atoms with Gasteiger partial charge in [-0.05, 0) is 25.3 Å². The highest BCUT2D eigenvalue weighted by atomic mass is 16.2. The van der Waals surface area contributed by atoms with Crippen molar-refractivity contribution < 1.29 is 4.79 Å². The molecule has 2 N–H and O–H groups in total. The van der Waals surface area contributed by atoms with Crippen molar-refractivity contribution in [1.82, 2.24) is 14.9 Å². The number of urea groups is 1. The summed E-state index contributed by atoms with van der Waals surface area (Å²) in [6, 6.07) is 1.62. The average Bonchev–Trinajstić information content (AvgIpc) is 3.25.